The molecule has 118 valence electrons. The molecule has 0 aromatic carbocycles. The van der Waals surface area contributed by atoms with Crippen LogP contribution in [0.4, 0.5) is 4.79 Å². The summed E-state index contributed by atoms with van der Waals surface area (Å²) in [6, 6.07) is -0.428. The van der Waals surface area contributed by atoms with Crippen LogP contribution < -0.4 is 10.6 Å². The van der Waals surface area contributed by atoms with Gasteiger partial charge < -0.3 is 20.5 Å². The lowest BCUT2D eigenvalue weighted by molar-refractivity contribution is -0.140. The van der Waals surface area contributed by atoms with Crippen molar-refractivity contribution in [2.75, 3.05) is 39.4 Å². The van der Waals surface area contributed by atoms with Gasteiger partial charge in [-0.2, -0.15) is 0 Å². The molecule has 21 heavy (non-hydrogen) atoms. The Hall–Kier alpha value is -1.60. The van der Waals surface area contributed by atoms with Gasteiger partial charge in [0, 0.05) is 19.6 Å². The van der Waals surface area contributed by atoms with Crippen LogP contribution in [0.3, 0.4) is 0 Å². The highest BCUT2D eigenvalue weighted by Crippen LogP contribution is 2.17. The molecule has 1 saturated heterocycles. The van der Waals surface area contributed by atoms with E-state index >= 15 is 0 Å². The number of carbonyl (C=O) groups excluding carboxylic acids is 1. The summed E-state index contributed by atoms with van der Waals surface area (Å²) in [5.41, 5.74) is 0. The van der Waals surface area contributed by atoms with Crippen LogP contribution in [-0.4, -0.2) is 67.4 Å². The molecular formula is C14H23N3O4. The molecule has 0 spiro atoms. The minimum absolute atomic E-state index is 0.189. The normalized spacial score (nSPS) is 25.7. The quantitative estimate of drug-likeness (QED) is 0.475. The van der Waals surface area contributed by atoms with E-state index in [1.165, 1.54) is 0 Å². The molecule has 0 aromatic heterocycles. The Morgan fingerprint density at radius 3 is 2.71 bits per heavy atom. The van der Waals surface area contributed by atoms with Gasteiger partial charge in [-0.15, -0.1) is 0 Å². The van der Waals surface area contributed by atoms with Crippen LogP contribution in [0.25, 0.3) is 0 Å². The number of carboxylic acids is 1. The van der Waals surface area contributed by atoms with Crippen molar-refractivity contribution in [2.45, 2.75) is 18.9 Å². The number of nitrogens with one attached hydrogen (secondary N) is 2. The van der Waals surface area contributed by atoms with Crippen LogP contribution in [0.5, 0.6) is 0 Å². The summed E-state index contributed by atoms with van der Waals surface area (Å²) in [6.07, 6.45) is 4.69. The molecule has 2 amide bonds. The molecule has 7 nitrogen and oxygen atoms in total. The molecule has 0 saturated carbocycles. The van der Waals surface area contributed by atoms with Gasteiger partial charge in [0.05, 0.1) is 25.2 Å². The minimum atomic E-state index is -0.846. The Bertz CT molecular complexity index is 394. The third-order valence-corrected chi connectivity index (χ3v) is 3.76. The summed E-state index contributed by atoms with van der Waals surface area (Å²) in [4.78, 5) is 24.8. The van der Waals surface area contributed by atoms with E-state index in [4.69, 9.17) is 9.84 Å². The topological polar surface area (TPSA) is 90.9 Å². The first-order valence-corrected chi connectivity index (χ1v) is 7.41. The lowest BCUT2D eigenvalue weighted by Gasteiger charge is -2.26. The molecule has 2 atom stereocenters. The first-order valence-electron chi connectivity index (χ1n) is 7.41. The van der Waals surface area contributed by atoms with Crippen LogP contribution in [0.1, 0.15) is 12.8 Å². The Morgan fingerprint density at radius 2 is 2.05 bits per heavy atom. The van der Waals surface area contributed by atoms with Gasteiger partial charge in [-0.1, -0.05) is 12.2 Å². The number of carbonyl (C=O) groups is 2. The zero-order chi connectivity index (χ0) is 15.1. The van der Waals surface area contributed by atoms with E-state index in [9.17, 15) is 9.59 Å². The van der Waals surface area contributed by atoms with Crippen LogP contribution in [-0.2, 0) is 9.53 Å². The number of nitrogens with zero attached hydrogens (tertiary/aromatic N) is 1. The molecule has 1 heterocycles. The Morgan fingerprint density at radius 1 is 1.29 bits per heavy atom. The molecule has 1 aliphatic carbocycles. The highest BCUT2D eigenvalue weighted by atomic mass is 16.5. The summed E-state index contributed by atoms with van der Waals surface area (Å²) < 4.78 is 5.27. The summed E-state index contributed by atoms with van der Waals surface area (Å²) >= 11 is 0. The number of hydrogen-bond donors (Lipinski definition) is 3. The summed E-state index contributed by atoms with van der Waals surface area (Å²) in [6.45, 7) is 5.04. The van der Waals surface area contributed by atoms with Crippen LogP contribution in [0, 0.1) is 5.92 Å². The van der Waals surface area contributed by atoms with Crippen LogP contribution >= 0.6 is 0 Å². The van der Waals surface area contributed by atoms with Crippen molar-refractivity contribution in [3.63, 3.8) is 0 Å². The van der Waals surface area contributed by atoms with Crippen molar-refractivity contribution >= 4 is 12.0 Å². The highest BCUT2D eigenvalue weighted by molar-refractivity contribution is 5.76. The standard InChI is InChI=1S/C14H23N3O4/c18-13(19)11-2-3-12(10-11)16-14(20)15-4-1-5-17-6-8-21-9-7-17/h2-3,11-12H,1,4-10H2,(H,18,19)(H2,15,16,20). The minimum Gasteiger partial charge on any atom is -0.481 e. The maximum atomic E-state index is 11.7. The molecule has 0 aromatic rings. The van der Waals surface area contributed by atoms with Crippen molar-refractivity contribution in [3.8, 4) is 0 Å². The van der Waals surface area contributed by atoms with Crippen LogP contribution in [0.2, 0.25) is 0 Å². The van der Waals surface area contributed by atoms with Gasteiger partial charge >= 0.3 is 12.0 Å². The summed E-state index contributed by atoms with van der Waals surface area (Å²) in [5.74, 6) is -1.34. The second kappa shape index (κ2) is 7.99. The number of aliphatic carboxylic acids is 1. The number of rotatable bonds is 6. The van der Waals surface area contributed by atoms with Crippen molar-refractivity contribution in [3.05, 3.63) is 12.2 Å². The zero-order valence-electron chi connectivity index (χ0n) is 12.1. The maximum absolute atomic E-state index is 11.7. The highest BCUT2D eigenvalue weighted by Gasteiger charge is 2.25. The second-order valence-electron chi connectivity index (χ2n) is 5.38. The van der Waals surface area contributed by atoms with E-state index < -0.39 is 11.9 Å². The number of ether oxygens (including phenoxy) is 1. The number of amides is 2. The lowest BCUT2D eigenvalue weighted by atomic mass is 10.1. The van der Waals surface area contributed by atoms with Gasteiger partial charge in [-0.05, 0) is 19.4 Å². The van der Waals surface area contributed by atoms with Crippen LogP contribution in [0.15, 0.2) is 12.2 Å². The predicted molar refractivity (Wildman–Crippen MR) is 77.1 cm³/mol. The first-order chi connectivity index (χ1) is 10.1. The third-order valence-electron chi connectivity index (χ3n) is 3.76. The molecule has 3 N–H and O–H groups in total. The Balaban J connectivity index is 1.54. The molecule has 1 fully saturated rings. The van der Waals surface area contributed by atoms with Gasteiger partial charge in [0.15, 0.2) is 0 Å². The SMILES string of the molecule is O=C(NCCCN1CCOCC1)NC1C=CC(C(=O)O)C1. The number of carboxylic acid groups (broad SMARTS) is 1. The lowest BCUT2D eigenvalue weighted by Crippen LogP contribution is -2.42. The van der Waals surface area contributed by atoms with E-state index in [1.54, 1.807) is 12.2 Å². The molecule has 7 heteroatoms. The van der Waals surface area contributed by atoms with Gasteiger partial charge in [-0.3, -0.25) is 9.69 Å². The predicted octanol–water partition coefficient (Wildman–Crippen LogP) is 0.0372. The summed E-state index contributed by atoms with van der Waals surface area (Å²) in [7, 11) is 0. The smallest absolute Gasteiger partial charge is 0.315 e. The van der Waals surface area contributed by atoms with Gasteiger partial charge in [0.25, 0.3) is 0 Å². The maximum Gasteiger partial charge on any atom is 0.315 e. The summed E-state index contributed by atoms with van der Waals surface area (Å²) in [5, 5.41) is 14.4. The number of urea groups is 1. The molecule has 0 radical (unpaired) electrons. The molecule has 0 bridgehead atoms. The molecular weight excluding hydrogens is 274 g/mol. The zero-order valence-corrected chi connectivity index (χ0v) is 12.1. The number of hydrogen-bond acceptors (Lipinski definition) is 4. The third kappa shape index (κ3) is 5.35. The van der Waals surface area contributed by atoms with Gasteiger partial charge in [0.2, 0.25) is 0 Å². The Kier molecular flexibility index (Phi) is 6.01. The van der Waals surface area contributed by atoms with Gasteiger partial charge in [0.1, 0.15) is 0 Å². The average Bonchev–Trinajstić information content (AvgIpc) is 2.93. The van der Waals surface area contributed by atoms with Gasteiger partial charge in [-0.25, -0.2) is 4.79 Å². The fraction of sp³-hybridized carbons (Fsp3) is 0.714. The van der Waals surface area contributed by atoms with Crippen molar-refractivity contribution in [2.24, 2.45) is 5.92 Å². The molecule has 2 rings (SSSR count). The fourth-order valence-corrected chi connectivity index (χ4v) is 2.54. The van der Waals surface area contributed by atoms with Crippen molar-refractivity contribution in [1.29, 1.82) is 0 Å². The molecule has 2 aliphatic rings. The number of morpholine rings is 1. The molecule has 1 aliphatic heterocycles. The monoisotopic (exact) mass is 297 g/mol. The van der Waals surface area contributed by atoms with E-state index in [-0.39, 0.29) is 12.1 Å². The average molecular weight is 297 g/mol. The largest absolute Gasteiger partial charge is 0.481 e. The van der Waals surface area contributed by atoms with E-state index in [0.717, 1.165) is 39.3 Å². The second-order valence-corrected chi connectivity index (χ2v) is 5.38. The van der Waals surface area contributed by atoms with Crippen molar-refractivity contribution in [1.82, 2.24) is 15.5 Å². The van der Waals surface area contributed by atoms with E-state index in [1.807, 2.05) is 0 Å². The fourth-order valence-electron chi connectivity index (χ4n) is 2.54. The van der Waals surface area contributed by atoms with Crippen molar-refractivity contribution < 1.29 is 19.4 Å². The first kappa shape index (κ1) is 15.8. The Labute approximate surface area is 124 Å². The van der Waals surface area contributed by atoms with E-state index in [0.29, 0.717) is 13.0 Å². The van der Waals surface area contributed by atoms with E-state index in [2.05, 4.69) is 15.5 Å². The molecule has 2 unspecified atom stereocenters.